The molecule has 0 aromatic heterocycles. The molecule has 0 fully saturated rings. The molecule has 0 saturated heterocycles. The first-order chi connectivity index (χ1) is 12.5. The molecule has 0 heterocycles. The van der Waals surface area contributed by atoms with Crippen LogP contribution in [0, 0.1) is 20.2 Å². The highest BCUT2D eigenvalue weighted by Gasteiger charge is 2.52. The van der Waals surface area contributed by atoms with Crippen LogP contribution in [0.3, 0.4) is 0 Å². The molecule has 2 aromatic rings. The number of nitrogens with zero attached hydrogens (tertiary/aromatic N) is 2. The fourth-order valence-electron chi connectivity index (χ4n) is 1.98. The molecule has 26 heavy (non-hydrogen) atoms. The molecule has 1 aliphatic rings. The fourth-order valence-corrected chi connectivity index (χ4v) is 3.96. The summed E-state index contributed by atoms with van der Waals surface area (Å²) in [6.07, 6.45) is 5.07. The van der Waals surface area contributed by atoms with E-state index in [0.29, 0.717) is 0 Å². The SMILES string of the molecule is O=[N+]([O-])C1([N+](=O)[O-])C=CC=CC1.c1ccc(SSc2ccccc2)cc1. The topological polar surface area (TPSA) is 86.3 Å². The largest absolute Gasteiger partial charge is 0.481 e. The van der Waals surface area contributed by atoms with Crippen LogP contribution in [0.25, 0.3) is 0 Å². The van der Waals surface area contributed by atoms with E-state index in [-0.39, 0.29) is 6.42 Å². The Morgan fingerprint density at radius 1 is 0.769 bits per heavy atom. The van der Waals surface area contributed by atoms with E-state index in [1.54, 1.807) is 27.7 Å². The number of allylic oxidation sites excluding steroid dienone is 2. The lowest BCUT2D eigenvalue weighted by atomic mass is 10.0. The maximum atomic E-state index is 10.4. The van der Waals surface area contributed by atoms with Crippen molar-refractivity contribution in [2.45, 2.75) is 21.9 Å². The van der Waals surface area contributed by atoms with Crippen molar-refractivity contribution in [2.75, 3.05) is 0 Å². The Balaban J connectivity index is 0.000000190. The summed E-state index contributed by atoms with van der Waals surface area (Å²) in [5, 5.41) is 20.8. The zero-order valence-corrected chi connectivity index (χ0v) is 15.3. The molecular formula is C18H16N2O4S2. The Labute approximate surface area is 158 Å². The maximum Gasteiger partial charge on any atom is 0.481 e. The van der Waals surface area contributed by atoms with Gasteiger partial charge in [-0.15, -0.1) is 0 Å². The first kappa shape index (κ1) is 19.7. The molecule has 2 aromatic carbocycles. The number of hydrogen-bond donors (Lipinski definition) is 0. The van der Waals surface area contributed by atoms with Gasteiger partial charge in [-0.1, -0.05) is 76.2 Å². The molecule has 8 heteroatoms. The third-order valence-electron chi connectivity index (χ3n) is 3.38. The molecule has 6 nitrogen and oxygen atoms in total. The molecule has 0 saturated carbocycles. The van der Waals surface area contributed by atoms with Gasteiger partial charge in [-0.3, -0.25) is 20.2 Å². The van der Waals surface area contributed by atoms with Gasteiger partial charge in [-0.25, -0.2) is 0 Å². The van der Waals surface area contributed by atoms with Crippen LogP contribution in [0.1, 0.15) is 6.42 Å². The molecule has 0 radical (unpaired) electrons. The van der Waals surface area contributed by atoms with Gasteiger partial charge < -0.3 is 0 Å². The van der Waals surface area contributed by atoms with E-state index in [1.807, 2.05) is 12.1 Å². The standard InChI is InChI=1S/C12H10S2.C6H6N2O4/c1-3-7-11(8-4-1)13-14-12-9-5-2-6-10-12;9-7(10)6(8(11)12)4-2-1-3-5-6/h1-10H;1-4H,5H2. The number of hydrogen-bond acceptors (Lipinski definition) is 6. The van der Waals surface area contributed by atoms with Crippen molar-refractivity contribution in [1.29, 1.82) is 0 Å². The summed E-state index contributed by atoms with van der Waals surface area (Å²) in [6, 6.07) is 20.8. The van der Waals surface area contributed by atoms with Gasteiger partial charge in [0.25, 0.3) is 0 Å². The van der Waals surface area contributed by atoms with Crippen molar-refractivity contribution in [3.63, 3.8) is 0 Å². The second kappa shape index (κ2) is 9.79. The smallest absolute Gasteiger partial charge is 0.258 e. The van der Waals surface area contributed by atoms with Crippen molar-refractivity contribution in [3.8, 4) is 0 Å². The minimum atomic E-state index is -2.14. The summed E-state index contributed by atoms with van der Waals surface area (Å²) in [4.78, 5) is 21.6. The molecule has 3 rings (SSSR count). The summed E-state index contributed by atoms with van der Waals surface area (Å²) in [5.74, 6) is 0. The van der Waals surface area contributed by atoms with Gasteiger partial charge in [-0.05, 0) is 24.3 Å². The first-order valence-electron chi connectivity index (χ1n) is 7.62. The summed E-state index contributed by atoms with van der Waals surface area (Å²) >= 11 is 0. The molecule has 134 valence electrons. The third kappa shape index (κ3) is 5.47. The van der Waals surface area contributed by atoms with Crippen LogP contribution in [-0.2, 0) is 0 Å². The number of nitro groups is 2. The Morgan fingerprint density at radius 2 is 1.23 bits per heavy atom. The van der Waals surface area contributed by atoms with Gasteiger partial charge in [-0.2, -0.15) is 0 Å². The molecule has 0 atom stereocenters. The molecular weight excluding hydrogens is 372 g/mol. The van der Waals surface area contributed by atoms with Crippen LogP contribution < -0.4 is 0 Å². The van der Waals surface area contributed by atoms with E-state index in [4.69, 9.17) is 0 Å². The Bertz CT molecular complexity index is 742. The quantitative estimate of drug-likeness (QED) is 0.301. The highest BCUT2D eigenvalue weighted by Crippen LogP contribution is 2.36. The molecule has 0 aliphatic heterocycles. The molecule has 0 spiro atoms. The molecule has 0 bridgehead atoms. The van der Waals surface area contributed by atoms with Crippen molar-refractivity contribution in [1.82, 2.24) is 0 Å². The van der Waals surface area contributed by atoms with E-state index in [2.05, 4.69) is 48.5 Å². The van der Waals surface area contributed by atoms with Crippen molar-refractivity contribution < 1.29 is 9.85 Å². The summed E-state index contributed by atoms with van der Waals surface area (Å²) in [6.45, 7) is 0. The zero-order chi connectivity index (χ0) is 18.8. The second-order valence-electron chi connectivity index (χ2n) is 5.18. The highest BCUT2D eigenvalue weighted by atomic mass is 33.1. The van der Waals surface area contributed by atoms with Crippen LogP contribution >= 0.6 is 21.6 Å². The minimum Gasteiger partial charge on any atom is -0.258 e. The van der Waals surface area contributed by atoms with Crippen LogP contribution in [0.4, 0.5) is 0 Å². The summed E-state index contributed by atoms with van der Waals surface area (Å²) in [7, 11) is 3.58. The molecule has 1 aliphatic carbocycles. The van der Waals surface area contributed by atoms with E-state index in [1.165, 1.54) is 21.9 Å². The average Bonchev–Trinajstić information content (AvgIpc) is 2.69. The van der Waals surface area contributed by atoms with Gasteiger partial charge in [0.15, 0.2) is 0 Å². The highest BCUT2D eigenvalue weighted by molar-refractivity contribution is 8.76. The second-order valence-corrected chi connectivity index (χ2v) is 7.45. The van der Waals surface area contributed by atoms with Gasteiger partial charge in [0, 0.05) is 9.79 Å². The average molecular weight is 388 g/mol. The van der Waals surface area contributed by atoms with E-state index in [0.717, 1.165) is 6.08 Å². The normalized spacial score (nSPS) is 14.2. The Morgan fingerprint density at radius 3 is 1.54 bits per heavy atom. The third-order valence-corrected chi connectivity index (χ3v) is 5.80. The maximum absolute atomic E-state index is 10.4. The van der Waals surface area contributed by atoms with Gasteiger partial charge >= 0.3 is 5.66 Å². The van der Waals surface area contributed by atoms with E-state index >= 15 is 0 Å². The Hall–Kier alpha value is -2.58. The van der Waals surface area contributed by atoms with Crippen LogP contribution in [0.5, 0.6) is 0 Å². The predicted octanol–water partition coefficient (Wildman–Crippen LogP) is 5.24. The van der Waals surface area contributed by atoms with Gasteiger partial charge in [0.2, 0.25) is 0 Å². The molecule has 0 amide bonds. The minimum absolute atomic E-state index is 0.191. The van der Waals surface area contributed by atoms with Crippen LogP contribution in [0.15, 0.2) is 94.8 Å². The van der Waals surface area contributed by atoms with Crippen molar-refractivity contribution in [2.24, 2.45) is 0 Å². The Kier molecular flexibility index (Phi) is 7.43. The number of benzene rings is 2. The monoisotopic (exact) mass is 388 g/mol. The lowest BCUT2D eigenvalue weighted by Crippen LogP contribution is -2.44. The van der Waals surface area contributed by atoms with Crippen molar-refractivity contribution >= 4 is 21.6 Å². The van der Waals surface area contributed by atoms with Crippen molar-refractivity contribution in [3.05, 3.63) is 105 Å². The van der Waals surface area contributed by atoms with Gasteiger partial charge in [0.05, 0.1) is 6.08 Å². The predicted molar refractivity (Wildman–Crippen MR) is 104 cm³/mol. The lowest BCUT2D eigenvalue weighted by Gasteiger charge is -2.12. The van der Waals surface area contributed by atoms with Crippen LogP contribution in [0.2, 0.25) is 0 Å². The van der Waals surface area contributed by atoms with Gasteiger partial charge in [0.1, 0.15) is 16.3 Å². The molecule has 0 unspecified atom stereocenters. The first-order valence-corrected chi connectivity index (χ1v) is 9.77. The van der Waals surface area contributed by atoms with E-state index in [9.17, 15) is 20.2 Å². The summed E-state index contributed by atoms with van der Waals surface area (Å²) < 4.78 is 0. The lowest BCUT2D eigenvalue weighted by molar-refractivity contribution is -0.780. The molecule has 0 N–H and O–H groups in total. The number of rotatable bonds is 5. The fraction of sp³-hybridized carbons (Fsp3) is 0.111. The van der Waals surface area contributed by atoms with Crippen LogP contribution in [-0.4, -0.2) is 15.5 Å². The van der Waals surface area contributed by atoms with E-state index < -0.39 is 15.5 Å². The summed E-state index contributed by atoms with van der Waals surface area (Å²) in [5.41, 5.74) is -2.14. The zero-order valence-electron chi connectivity index (χ0n) is 13.6.